The summed E-state index contributed by atoms with van der Waals surface area (Å²) in [6.07, 6.45) is 10.4. The molecule has 2 heteroatoms. The normalized spacial score (nSPS) is 28.9. The van der Waals surface area contributed by atoms with Crippen LogP contribution in [-0.4, -0.2) is 42.0 Å². The molecular weight excluding hydrogens is 352 g/mol. The number of piperazine rings is 1. The zero-order valence-electron chi connectivity index (χ0n) is 17.8. The standard InChI is InChI=1S/C27H36N2/c1-3-10-23(11-4-1)27(24-12-5-2-6-13-24)29-19-17-28(18-20-29)26-16-15-22-9-7-8-14-25(22)21-26/h1-6,10-13,22,25-27H,7-9,14-21H2. The van der Waals surface area contributed by atoms with Crippen LogP contribution in [0.5, 0.6) is 0 Å². The summed E-state index contributed by atoms with van der Waals surface area (Å²) in [7, 11) is 0. The molecule has 2 aliphatic carbocycles. The van der Waals surface area contributed by atoms with Gasteiger partial charge < -0.3 is 0 Å². The summed E-state index contributed by atoms with van der Waals surface area (Å²) in [5.41, 5.74) is 2.85. The van der Waals surface area contributed by atoms with E-state index in [4.69, 9.17) is 0 Å². The van der Waals surface area contributed by atoms with E-state index in [0.29, 0.717) is 6.04 Å². The largest absolute Gasteiger partial charge is 0.298 e. The first-order valence-corrected chi connectivity index (χ1v) is 12.0. The van der Waals surface area contributed by atoms with E-state index in [1.165, 1.54) is 82.3 Å². The topological polar surface area (TPSA) is 6.48 Å². The third-order valence-corrected chi connectivity index (χ3v) is 7.97. The number of benzene rings is 2. The Bertz CT molecular complexity index is 711. The molecule has 1 heterocycles. The van der Waals surface area contributed by atoms with Crippen LogP contribution in [0, 0.1) is 11.8 Å². The molecule has 3 aliphatic rings. The highest BCUT2D eigenvalue weighted by Gasteiger charge is 2.36. The average Bonchev–Trinajstić information content (AvgIpc) is 2.81. The lowest BCUT2D eigenvalue weighted by Gasteiger charge is -2.47. The Morgan fingerprint density at radius 1 is 0.621 bits per heavy atom. The van der Waals surface area contributed by atoms with Crippen LogP contribution in [-0.2, 0) is 0 Å². The van der Waals surface area contributed by atoms with Gasteiger partial charge in [-0.3, -0.25) is 9.80 Å². The van der Waals surface area contributed by atoms with Gasteiger partial charge in [-0.2, -0.15) is 0 Å². The summed E-state index contributed by atoms with van der Waals surface area (Å²) >= 11 is 0. The van der Waals surface area contributed by atoms with Crippen LogP contribution < -0.4 is 0 Å². The Morgan fingerprint density at radius 3 is 1.83 bits per heavy atom. The van der Waals surface area contributed by atoms with Crippen LogP contribution in [0.15, 0.2) is 60.7 Å². The molecule has 0 radical (unpaired) electrons. The van der Waals surface area contributed by atoms with Gasteiger partial charge in [0.2, 0.25) is 0 Å². The summed E-state index contributed by atoms with van der Waals surface area (Å²) in [5, 5.41) is 0. The molecule has 1 aliphatic heterocycles. The average molecular weight is 389 g/mol. The van der Waals surface area contributed by atoms with Gasteiger partial charge in [-0.25, -0.2) is 0 Å². The summed E-state index contributed by atoms with van der Waals surface area (Å²) in [5.74, 6) is 2.09. The fourth-order valence-corrected chi connectivity index (χ4v) is 6.43. The van der Waals surface area contributed by atoms with E-state index in [0.717, 1.165) is 17.9 Å². The Labute approximate surface area is 176 Å². The molecule has 2 nitrogen and oxygen atoms in total. The van der Waals surface area contributed by atoms with Gasteiger partial charge in [0.25, 0.3) is 0 Å². The van der Waals surface area contributed by atoms with Crippen molar-refractivity contribution in [1.82, 2.24) is 9.80 Å². The molecule has 1 saturated heterocycles. The predicted octanol–water partition coefficient (Wildman–Crippen LogP) is 5.75. The van der Waals surface area contributed by atoms with Crippen molar-refractivity contribution in [2.45, 2.75) is 57.0 Å². The molecule has 0 spiro atoms. The molecular formula is C27H36N2. The minimum atomic E-state index is 0.383. The minimum Gasteiger partial charge on any atom is -0.298 e. The van der Waals surface area contributed by atoms with Crippen LogP contribution in [0.4, 0.5) is 0 Å². The van der Waals surface area contributed by atoms with E-state index in [9.17, 15) is 0 Å². The van der Waals surface area contributed by atoms with Crippen molar-refractivity contribution >= 4 is 0 Å². The highest BCUT2D eigenvalue weighted by molar-refractivity contribution is 5.32. The molecule has 0 N–H and O–H groups in total. The molecule has 0 aromatic heterocycles. The maximum absolute atomic E-state index is 2.84. The first kappa shape index (κ1) is 19.3. The fraction of sp³-hybridized carbons (Fsp3) is 0.556. The van der Waals surface area contributed by atoms with E-state index >= 15 is 0 Å². The highest BCUT2D eigenvalue weighted by atomic mass is 15.3. The Hall–Kier alpha value is -1.64. The maximum Gasteiger partial charge on any atom is 0.0602 e. The maximum atomic E-state index is 2.84. The van der Waals surface area contributed by atoms with Crippen molar-refractivity contribution in [2.75, 3.05) is 26.2 Å². The van der Waals surface area contributed by atoms with Crippen LogP contribution in [0.25, 0.3) is 0 Å². The first-order valence-electron chi connectivity index (χ1n) is 12.0. The van der Waals surface area contributed by atoms with Crippen molar-refractivity contribution in [3.05, 3.63) is 71.8 Å². The van der Waals surface area contributed by atoms with Gasteiger partial charge in [0.05, 0.1) is 6.04 Å². The van der Waals surface area contributed by atoms with E-state index < -0.39 is 0 Å². The van der Waals surface area contributed by atoms with Crippen LogP contribution in [0.1, 0.15) is 62.1 Å². The van der Waals surface area contributed by atoms with Gasteiger partial charge in [0.1, 0.15) is 0 Å². The van der Waals surface area contributed by atoms with Crippen LogP contribution >= 0.6 is 0 Å². The molecule has 3 atom stereocenters. The van der Waals surface area contributed by atoms with E-state index in [-0.39, 0.29) is 0 Å². The molecule has 29 heavy (non-hydrogen) atoms. The van der Waals surface area contributed by atoms with E-state index in [1.807, 2.05) is 0 Å². The number of hydrogen-bond donors (Lipinski definition) is 0. The van der Waals surface area contributed by atoms with E-state index in [2.05, 4.69) is 70.5 Å². The third kappa shape index (κ3) is 4.29. The molecule has 2 saturated carbocycles. The van der Waals surface area contributed by atoms with Crippen molar-refractivity contribution in [1.29, 1.82) is 0 Å². The molecule has 2 aromatic rings. The van der Waals surface area contributed by atoms with Gasteiger partial charge in [0, 0.05) is 32.2 Å². The highest BCUT2D eigenvalue weighted by Crippen LogP contribution is 2.42. The number of rotatable bonds is 4. The second kappa shape index (κ2) is 9.02. The first-order chi connectivity index (χ1) is 14.4. The molecule has 2 aromatic carbocycles. The summed E-state index contributed by atoms with van der Waals surface area (Å²) in [6.45, 7) is 4.83. The van der Waals surface area contributed by atoms with Crippen LogP contribution in [0.2, 0.25) is 0 Å². The summed E-state index contributed by atoms with van der Waals surface area (Å²) in [4.78, 5) is 5.56. The summed E-state index contributed by atoms with van der Waals surface area (Å²) < 4.78 is 0. The van der Waals surface area contributed by atoms with Crippen LogP contribution in [0.3, 0.4) is 0 Å². The second-order valence-electron chi connectivity index (χ2n) is 9.57. The molecule has 0 amide bonds. The lowest BCUT2D eigenvalue weighted by Crippen LogP contribution is -2.53. The third-order valence-electron chi connectivity index (χ3n) is 7.97. The molecule has 154 valence electrons. The lowest BCUT2D eigenvalue weighted by atomic mass is 9.69. The minimum absolute atomic E-state index is 0.383. The molecule has 3 fully saturated rings. The zero-order valence-corrected chi connectivity index (χ0v) is 17.8. The predicted molar refractivity (Wildman–Crippen MR) is 121 cm³/mol. The van der Waals surface area contributed by atoms with Crippen molar-refractivity contribution < 1.29 is 0 Å². The SMILES string of the molecule is c1ccc(C(c2ccccc2)N2CCN(C3CCC4CCCCC4C3)CC2)cc1. The molecule has 5 rings (SSSR count). The fourth-order valence-electron chi connectivity index (χ4n) is 6.43. The monoisotopic (exact) mass is 388 g/mol. The number of nitrogens with zero attached hydrogens (tertiary/aromatic N) is 2. The number of fused-ring (bicyclic) bond motifs is 1. The smallest absolute Gasteiger partial charge is 0.0602 e. The Kier molecular flexibility index (Phi) is 6.01. The van der Waals surface area contributed by atoms with Gasteiger partial charge in [-0.15, -0.1) is 0 Å². The van der Waals surface area contributed by atoms with E-state index in [1.54, 1.807) is 0 Å². The van der Waals surface area contributed by atoms with Gasteiger partial charge in [-0.05, 0) is 42.2 Å². The number of hydrogen-bond acceptors (Lipinski definition) is 2. The van der Waals surface area contributed by atoms with Crippen molar-refractivity contribution in [3.63, 3.8) is 0 Å². The molecule has 3 unspecified atom stereocenters. The Morgan fingerprint density at radius 2 is 1.21 bits per heavy atom. The summed E-state index contributed by atoms with van der Waals surface area (Å²) in [6, 6.07) is 23.4. The van der Waals surface area contributed by atoms with Gasteiger partial charge in [-0.1, -0.05) is 86.3 Å². The van der Waals surface area contributed by atoms with Crippen molar-refractivity contribution in [3.8, 4) is 0 Å². The van der Waals surface area contributed by atoms with Crippen molar-refractivity contribution in [2.24, 2.45) is 11.8 Å². The Balaban J connectivity index is 1.26. The zero-order chi connectivity index (χ0) is 19.5. The molecule has 0 bridgehead atoms. The van der Waals surface area contributed by atoms with Gasteiger partial charge >= 0.3 is 0 Å². The quantitative estimate of drug-likeness (QED) is 0.658. The van der Waals surface area contributed by atoms with Gasteiger partial charge in [0.15, 0.2) is 0 Å². The second-order valence-corrected chi connectivity index (χ2v) is 9.57. The lowest BCUT2D eigenvalue weighted by molar-refractivity contribution is 0.0314.